The maximum absolute atomic E-state index is 9.95. The second kappa shape index (κ2) is 7.47. The standard InChI is InChI=1S/C25H22O3Se/c1-14-10-17(4-7-21(14)26)20-13-24(18-5-8-22(27)15(2)11-18)29-25(20)19-6-9-23(28)16(3)12-19/h4-13,26-28H,1-3H3. The SMILES string of the molecule is Cc1cc(-c2cc(-c3ccc(O)c(C)c3)c(-c3ccc(O)c(C)c3)[se]2)ccc1O. The third-order valence-corrected chi connectivity index (χ3v) is 7.77. The van der Waals surface area contributed by atoms with E-state index in [1.807, 2.05) is 57.2 Å². The van der Waals surface area contributed by atoms with Crippen LogP contribution in [0.2, 0.25) is 0 Å². The Bertz CT molecular complexity index is 1150. The van der Waals surface area contributed by atoms with Gasteiger partial charge in [0.25, 0.3) is 0 Å². The number of phenolic OH excluding ortho intramolecular Hbond substituents is 3. The summed E-state index contributed by atoms with van der Waals surface area (Å²) >= 11 is 0.0634. The average molecular weight is 449 g/mol. The van der Waals surface area contributed by atoms with Crippen LogP contribution in [0.15, 0.2) is 60.7 Å². The van der Waals surface area contributed by atoms with Crippen molar-refractivity contribution in [2.24, 2.45) is 0 Å². The molecular weight excluding hydrogens is 427 g/mol. The molecule has 0 amide bonds. The molecular formula is C25H22O3Se. The normalized spacial score (nSPS) is 11.0. The molecule has 1 aromatic heterocycles. The van der Waals surface area contributed by atoms with E-state index in [0.717, 1.165) is 38.9 Å². The van der Waals surface area contributed by atoms with Crippen molar-refractivity contribution in [1.29, 1.82) is 0 Å². The second-order valence-corrected chi connectivity index (χ2v) is 9.56. The Kier molecular flexibility index (Phi) is 4.99. The first kappa shape index (κ1) is 19.4. The van der Waals surface area contributed by atoms with Gasteiger partial charge >= 0.3 is 176 Å². The maximum atomic E-state index is 9.95. The molecule has 3 N–H and O–H groups in total. The number of aryl methyl sites for hydroxylation is 3. The van der Waals surface area contributed by atoms with Crippen molar-refractivity contribution >= 4 is 14.5 Å². The third kappa shape index (κ3) is 3.69. The van der Waals surface area contributed by atoms with Crippen LogP contribution < -0.4 is 0 Å². The summed E-state index contributed by atoms with van der Waals surface area (Å²) < 4.78 is 2.48. The van der Waals surface area contributed by atoms with Crippen molar-refractivity contribution in [3.8, 4) is 48.4 Å². The molecule has 0 aliphatic rings. The van der Waals surface area contributed by atoms with Crippen LogP contribution in [0.5, 0.6) is 17.2 Å². The molecule has 0 spiro atoms. The fourth-order valence-electron chi connectivity index (χ4n) is 3.39. The van der Waals surface area contributed by atoms with Gasteiger partial charge in [-0.2, -0.15) is 0 Å². The van der Waals surface area contributed by atoms with Crippen molar-refractivity contribution in [3.05, 3.63) is 77.4 Å². The molecule has 29 heavy (non-hydrogen) atoms. The Balaban J connectivity index is 1.93. The number of hydrogen-bond donors (Lipinski definition) is 3. The van der Waals surface area contributed by atoms with Gasteiger partial charge in [-0.1, -0.05) is 0 Å². The van der Waals surface area contributed by atoms with Crippen LogP contribution in [0, 0.1) is 20.8 Å². The predicted molar refractivity (Wildman–Crippen MR) is 119 cm³/mol. The second-order valence-electron chi connectivity index (χ2n) is 7.36. The molecule has 4 rings (SSSR count). The quantitative estimate of drug-likeness (QED) is 0.347. The molecule has 0 atom stereocenters. The van der Waals surface area contributed by atoms with Gasteiger partial charge in [0.1, 0.15) is 0 Å². The number of aromatic hydroxyl groups is 3. The number of rotatable bonds is 3. The molecule has 4 heteroatoms. The molecule has 1 heterocycles. The number of phenols is 3. The van der Waals surface area contributed by atoms with E-state index in [4.69, 9.17) is 0 Å². The van der Waals surface area contributed by atoms with Crippen molar-refractivity contribution in [1.82, 2.24) is 0 Å². The minimum absolute atomic E-state index is 0.0634. The zero-order chi connectivity index (χ0) is 20.7. The summed E-state index contributed by atoms with van der Waals surface area (Å²) in [6.45, 7) is 5.71. The molecule has 0 radical (unpaired) electrons. The molecule has 3 nitrogen and oxygen atoms in total. The van der Waals surface area contributed by atoms with Crippen LogP contribution in [-0.4, -0.2) is 29.8 Å². The summed E-state index contributed by atoms with van der Waals surface area (Å²) in [5.74, 6) is 0.888. The first-order valence-electron chi connectivity index (χ1n) is 9.37. The van der Waals surface area contributed by atoms with E-state index >= 15 is 0 Å². The van der Waals surface area contributed by atoms with Gasteiger partial charge in [-0.05, 0) is 0 Å². The first-order valence-corrected chi connectivity index (χ1v) is 11.1. The van der Waals surface area contributed by atoms with E-state index in [1.54, 1.807) is 18.2 Å². The van der Waals surface area contributed by atoms with Gasteiger partial charge in [0, 0.05) is 0 Å². The van der Waals surface area contributed by atoms with E-state index in [0.29, 0.717) is 17.2 Å². The Morgan fingerprint density at radius 2 is 1.00 bits per heavy atom. The molecule has 0 bridgehead atoms. The van der Waals surface area contributed by atoms with Crippen molar-refractivity contribution in [2.75, 3.05) is 0 Å². The molecule has 4 aromatic rings. The molecule has 146 valence electrons. The van der Waals surface area contributed by atoms with Gasteiger partial charge in [-0.25, -0.2) is 0 Å². The van der Waals surface area contributed by atoms with Crippen LogP contribution in [0.4, 0.5) is 0 Å². The van der Waals surface area contributed by atoms with Crippen LogP contribution in [0.3, 0.4) is 0 Å². The molecule has 0 saturated carbocycles. The van der Waals surface area contributed by atoms with E-state index in [9.17, 15) is 15.3 Å². The van der Waals surface area contributed by atoms with Gasteiger partial charge in [0.05, 0.1) is 0 Å². The van der Waals surface area contributed by atoms with E-state index in [2.05, 4.69) is 6.07 Å². The predicted octanol–water partition coefficient (Wildman–Crippen LogP) is 5.79. The molecule has 0 fully saturated rings. The van der Waals surface area contributed by atoms with Gasteiger partial charge in [0.2, 0.25) is 0 Å². The summed E-state index contributed by atoms with van der Waals surface area (Å²) in [4.78, 5) is 0. The summed E-state index contributed by atoms with van der Waals surface area (Å²) in [7, 11) is 0. The number of hydrogen-bond acceptors (Lipinski definition) is 3. The van der Waals surface area contributed by atoms with Crippen LogP contribution in [0.25, 0.3) is 31.1 Å². The molecule has 0 aliphatic heterocycles. The Labute approximate surface area is 176 Å². The summed E-state index contributed by atoms with van der Waals surface area (Å²) in [6, 6.07) is 19.4. The zero-order valence-corrected chi connectivity index (χ0v) is 18.2. The monoisotopic (exact) mass is 450 g/mol. The fraction of sp³-hybridized carbons (Fsp3) is 0.120. The molecule has 0 unspecified atom stereocenters. The van der Waals surface area contributed by atoms with Gasteiger partial charge < -0.3 is 0 Å². The van der Waals surface area contributed by atoms with Crippen LogP contribution in [0.1, 0.15) is 16.7 Å². The summed E-state index contributed by atoms with van der Waals surface area (Å²) in [6.07, 6.45) is 0. The Hall–Kier alpha value is -2.94. The van der Waals surface area contributed by atoms with Gasteiger partial charge in [0.15, 0.2) is 0 Å². The minimum atomic E-state index is 0.0634. The molecule has 0 aliphatic carbocycles. The van der Waals surface area contributed by atoms with E-state index in [-0.39, 0.29) is 14.5 Å². The van der Waals surface area contributed by atoms with Crippen LogP contribution >= 0.6 is 0 Å². The van der Waals surface area contributed by atoms with Gasteiger partial charge in [-0.15, -0.1) is 0 Å². The van der Waals surface area contributed by atoms with E-state index < -0.39 is 0 Å². The van der Waals surface area contributed by atoms with Crippen molar-refractivity contribution in [3.63, 3.8) is 0 Å². The average Bonchev–Trinajstić information content (AvgIpc) is 3.14. The Morgan fingerprint density at radius 1 is 0.552 bits per heavy atom. The first-order chi connectivity index (χ1) is 13.8. The fourth-order valence-corrected chi connectivity index (χ4v) is 5.85. The van der Waals surface area contributed by atoms with Gasteiger partial charge in [-0.3, -0.25) is 0 Å². The molecule has 0 saturated heterocycles. The van der Waals surface area contributed by atoms with Crippen LogP contribution in [-0.2, 0) is 0 Å². The third-order valence-electron chi connectivity index (χ3n) is 5.18. The summed E-state index contributed by atoms with van der Waals surface area (Å²) in [5.41, 5.74) is 6.95. The van der Waals surface area contributed by atoms with Crippen molar-refractivity contribution < 1.29 is 15.3 Å². The Morgan fingerprint density at radius 3 is 1.55 bits per heavy atom. The molecule has 3 aromatic carbocycles. The topological polar surface area (TPSA) is 60.7 Å². The van der Waals surface area contributed by atoms with E-state index in [1.165, 1.54) is 8.87 Å². The van der Waals surface area contributed by atoms with Crippen molar-refractivity contribution in [2.45, 2.75) is 20.8 Å². The zero-order valence-electron chi connectivity index (χ0n) is 16.5. The number of benzene rings is 3. The summed E-state index contributed by atoms with van der Waals surface area (Å²) in [5, 5.41) is 29.8.